The van der Waals surface area contributed by atoms with Crippen molar-refractivity contribution in [3.63, 3.8) is 0 Å². The lowest BCUT2D eigenvalue weighted by atomic mass is 10.0. The zero-order valence-corrected chi connectivity index (χ0v) is 13.5. The molecule has 2 unspecified atom stereocenters. The Morgan fingerprint density at radius 2 is 1.22 bits per heavy atom. The molecule has 0 radical (unpaired) electrons. The molecule has 2 atom stereocenters. The van der Waals surface area contributed by atoms with Crippen LogP contribution in [0.5, 0.6) is 0 Å². The van der Waals surface area contributed by atoms with Crippen LogP contribution in [0.2, 0.25) is 0 Å². The molecule has 2 nitrogen and oxygen atoms in total. The smallest absolute Gasteiger partial charge is 0.0952 e. The van der Waals surface area contributed by atoms with E-state index in [0.29, 0.717) is 0 Å². The summed E-state index contributed by atoms with van der Waals surface area (Å²) in [5, 5.41) is 10.8. The first-order valence-electron chi connectivity index (χ1n) is 7.55. The van der Waals surface area contributed by atoms with Gasteiger partial charge in [-0.3, -0.25) is 0 Å². The predicted octanol–water partition coefficient (Wildman–Crippen LogP) is 4.84. The van der Waals surface area contributed by atoms with E-state index in [-0.39, 0.29) is 5.25 Å². The predicted molar refractivity (Wildman–Crippen MR) is 97.3 cm³/mol. The van der Waals surface area contributed by atoms with Crippen molar-refractivity contribution in [1.82, 2.24) is 0 Å². The summed E-state index contributed by atoms with van der Waals surface area (Å²) in [6.07, 6.45) is -0.608. The van der Waals surface area contributed by atoms with Crippen molar-refractivity contribution < 1.29 is 5.11 Å². The van der Waals surface area contributed by atoms with Crippen LogP contribution in [0, 0.1) is 0 Å². The molecule has 3 rings (SSSR count). The molecule has 0 spiro atoms. The quantitative estimate of drug-likeness (QED) is 0.522. The molecule has 116 valence electrons. The van der Waals surface area contributed by atoms with Crippen molar-refractivity contribution in [3.05, 3.63) is 96.1 Å². The third-order valence-corrected chi connectivity index (χ3v) is 5.14. The van der Waals surface area contributed by atoms with E-state index in [9.17, 15) is 5.11 Å². The Morgan fingerprint density at radius 1 is 0.696 bits per heavy atom. The van der Waals surface area contributed by atoms with Gasteiger partial charge in [0.15, 0.2) is 0 Å². The van der Waals surface area contributed by atoms with Crippen LogP contribution in [0.3, 0.4) is 0 Å². The molecule has 3 N–H and O–H groups in total. The number of rotatable bonds is 5. The minimum atomic E-state index is -0.608. The molecule has 0 aliphatic carbocycles. The van der Waals surface area contributed by atoms with Crippen molar-refractivity contribution in [1.29, 1.82) is 0 Å². The van der Waals surface area contributed by atoms with Gasteiger partial charge < -0.3 is 10.8 Å². The summed E-state index contributed by atoms with van der Waals surface area (Å²) in [5.41, 5.74) is 8.80. The lowest BCUT2D eigenvalue weighted by Crippen LogP contribution is -2.08. The lowest BCUT2D eigenvalue weighted by Gasteiger charge is -2.24. The van der Waals surface area contributed by atoms with Crippen molar-refractivity contribution in [2.45, 2.75) is 16.2 Å². The standard InChI is InChI=1S/C20H19NOS/c21-17-13-7-8-14-18(17)23-20(16-11-5-2-6-12-16)19(22)15-9-3-1-4-10-15/h1-14,19-20,22H,21H2. The average molecular weight is 321 g/mol. The van der Waals surface area contributed by atoms with Crippen LogP contribution in [0.25, 0.3) is 0 Å². The molecule has 23 heavy (non-hydrogen) atoms. The molecule has 0 aliphatic heterocycles. The molecule has 0 saturated heterocycles. The molecule has 3 aromatic rings. The highest BCUT2D eigenvalue weighted by Crippen LogP contribution is 2.45. The Balaban J connectivity index is 1.96. The van der Waals surface area contributed by atoms with Gasteiger partial charge in [0.05, 0.1) is 11.4 Å². The highest BCUT2D eigenvalue weighted by Gasteiger charge is 2.24. The molecule has 0 aliphatic rings. The number of hydrogen-bond acceptors (Lipinski definition) is 3. The van der Waals surface area contributed by atoms with E-state index in [4.69, 9.17) is 5.73 Å². The molecule has 0 fully saturated rings. The molecular weight excluding hydrogens is 302 g/mol. The summed E-state index contributed by atoms with van der Waals surface area (Å²) in [6, 6.07) is 27.6. The molecule has 0 bridgehead atoms. The Morgan fingerprint density at radius 3 is 1.83 bits per heavy atom. The summed E-state index contributed by atoms with van der Waals surface area (Å²) in [6.45, 7) is 0. The molecular formula is C20H19NOS. The number of aliphatic hydroxyl groups excluding tert-OH is 1. The number of anilines is 1. The average Bonchev–Trinajstić information content (AvgIpc) is 2.62. The van der Waals surface area contributed by atoms with Gasteiger partial charge in [0.2, 0.25) is 0 Å². The van der Waals surface area contributed by atoms with Crippen LogP contribution < -0.4 is 5.73 Å². The highest BCUT2D eigenvalue weighted by atomic mass is 32.2. The third-order valence-electron chi connectivity index (χ3n) is 3.73. The van der Waals surface area contributed by atoms with Gasteiger partial charge in [-0.05, 0) is 23.3 Å². The number of benzene rings is 3. The number of thioether (sulfide) groups is 1. The van der Waals surface area contributed by atoms with Crippen LogP contribution >= 0.6 is 11.8 Å². The van der Waals surface area contributed by atoms with Gasteiger partial charge in [-0.2, -0.15) is 0 Å². The van der Waals surface area contributed by atoms with Gasteiger partial charge in [0.25, 0.3) is 0 Å². The first-order valence-corrected chi connectivity index (χ1v) is 8.43. The van der Waals surface area contributed by atoms with Crippen molar-refractivity contribution in [2.75, 3.05) is 5.73 Å². The van der Waals surface area contributed by atoms with Gasteiger partial charge in [0, 0.05) is 10.6 Å². The van der Waals surface area contributed by atoms with E-state index in [0.717, 1.165) is 21.7 Å². The maximum Gasteiger partial charge on any atom is 0.0952 e. The fraction of sp³-hybridized carbons (Fsp3) is 0.100. The summed E-state index contributed by atoms with van der Waals surface area (Å²) >= 11 is 1.60. The fourth-order valence-corrected chi connectivity index (χ4v) is 3.72. The summed E-state index contributed by atoms with van der Waals surface area (Å²) in [5.74, 6) is 0. The molecule has 0 aromatic heterocycles. The van der Waals surface area contributed by atoms with E-state index in [1.54, 1.807) is 11.8 Å². The molecule has 3 aromatic carbocycles. The minimum absolute atomic E-state index is 0.122. The van der Waals surface area contributed by atoms with Gasteiger partial charge in [-0.1, -0.05) is 72.8 Å². The number of nitrogens with two attached hydrogens (primary N) is 1. The van der Waals surface area contributed by atoms with Crippen LogP contribution in [0.15, 0.2) is 89.8 Å². The van der Waals surface area contributed by atoms with E-state index < -0.39 is 6.10 Å². The van der Waals surface area contributed by atoms with Gasteiger partial charge in [-0.25, -0.2) is 0 Å². The van der Waals surface area contributed by atoms with E-state index in [1.807, 2.05) is 84.9 Å². The molecule has 3 heteroatoms. The Labute approximate surface area is 141 Å². The number of aliphatic hydroxyl groups is 1. The van der Waals surface area contributed by atoms with Gasteiger partial charge in [-0.15, -0.1) is 11.8 Å². The van der Waals surface area contributed by atoms with E-state index in [2.05, 4.69) is 0 Å². The molecule has 0 amide bonds. The summed E-state index contributed by atoms with van der Waals surface area (Å²) < 4.78 is 0. The fourth-order valence-electron chi connectivity index (χ4n) is 2.51. The first kappa shape index (κ1) is 15.7. The van der Waals surface area contributed by atoms with E-state index in [1.165, 1.54) is 0 Å². The van der Waals surface area contributed by atoms with E-state index >= 15 is 0 Å². The largest absolute Gasteiger partial charge is 0.398 e. The zero-order chi connectivity index (χ0) is 16.1. The topological polar surface area (TPSA) is 46.2 Å². The van der Waals surface area contributed by atoms with Crippen LogP contribution in [-0.4, -0.2) is 5.11 Å². The second-order valence-corrected chi connectivity index (χ2v) is 6.53. The summed E-state index contributed by atoms with van der Waals surface area (Å²) in [7, 11) is 0. The van der Waals surface area contributed by atoms with Gasteiger partial charge in [0.1, 0.15) is 0 Å². The number of hydrogen-bond donors (Lipinski definition) is 2. The van der Waals surface area contributed by atoms with Crippen molar-refractivity contribution in [3.8, 4) is 0 Å². The molecule has 0 saturated carbocycles. The minimum Gasteiger partial charge on any atom is -0.398 e. The molecule has 0 heterocycles. The SMILES string of the molecule is Nc1ccccc1SC(c1ccccc1)C(O)c1ccccc1. The van der Waals surface area contributed by atoms with Crippen LogP contribution in [-0.2, 0) is 0 Å². The Kier molecular flexibility index (Phi) is 5.01. The monoisotopic (exact) mass is 321 g/mol. The Bertz CT molecular complexity index is 746. The van der Waals surface area contributed by atoms with Crippen LogP contribution in [0.1, 0.15) is 22.5 Å². The maximum atomic E-state index is 10.9. The van der Waals surface area contributed by atoms with Crippen molar-refractivity contribution in [2.24, 2.45) is 0 Å². The highest BCUT2D eigenvalue weighted by molar-refractivity contribution is 7.99. The second kappa shape index (κ2) is 7.36. The normalized spacial score (nSPS) is 13.4. The maximum absolute atomic E-state index is 10.9. The van der Waals surface area contributed by atoms with Gasteiger partial charge >= 0.3 is 0 Å². The number of nitrogen functional groups attached to an aromatic ring is 1. The van der Waals surface area contributed by atoms with Crippen molar-refractivity contribution >= 4 is 17.4 Å². The second-order valence-electron chi connectivity index (χ2n) is 5.34. The zero-order valence-electron chi connectivity index (χ0n) is 12.7. The number of para-hydroxylation sites is 1. The Hall–Kier alpha value is -2.23. The lowest BCUT2D eigenvalue weighted by molar-refractivity contribution is 0.175. The van der Waals surface area contributed by atoms with Crippen LogP contribution in [0.4, 0.5) is 5.69 Å². The third kappa shape index (κ3) is 3.76. The summed E-state index contributed by atoms with van der Waals surface area (Å²) in [4.78, 5) is 0.983. The first-order chi connectivity index (χ1) is 11.3.